The second kappa shape index (κ2) is 15.0. The quantitative estimate of drug-likeness (QED) is 0.338. The molecule has 0 bridgehead atoms. The molecule has 7 heteroatoms. The third-order valence-electron chi connectivity index (χ3n) is 6.91. The molecule has 1 atom stereocenters. The number of H-pyrrole nitrogens is 1. The summed E-state index contributed by atoms with van der Waals surface area (Å²) >= 11 is 0. The Hall–Kier alpha value is -2.22. The molecule has 1 unspecified atom stereocenters. The van der Waals surface area contributed by atoms with Crippen LogP contribution in [0.3, 0.4) is 0 Å². The molecule has 2 aromatic rings. The highest BCUT2D eigenvalue weighted by Crippen LogP contribution is 2.15. The number of rotatable bonds is 17. The van der Waals surface area contributed by atoms with Crippen LogP contribution in [0.4, 0.5) is 0 Å². The van der Waals surface area contributed by atoms with Gasteiger partial charge < -0.3 is 14.6 Å². The van der Waals surface area contributed by atoms with E-state index in [-0.39, 0.29) is 0 Å². The van der Waals surface area contributed by atoms with Crippen LogP contribution in [0.5, 0.6) is 0 Å². The Balaban J connectivity index is 1.43. The van der Waals surface area contributed by atoms with Crippen molar-refractivity contribution in [2.24, 2.45) is 10.9 Å². The lowest BCUT2D eigenvalue weighted by Gasteiger charge is -2.24. The van der Waals surface area contributed by atoms with Gasteiger partial charge in [0.05, 0.1) is 26.2 Å². The Morgan fingerprint density at radius 2 is 1.80 bits per heavy atom. The lowest BCUT2D eigenvalue weighted by Crippen LogP contribution is -2.36. The van der Waals surface area contributed by atoms with Crippen LogP contribution in [-0.4, -0.2) is 84.0 Å². The van der Waals surface area contributed by atoms with Crippen molar-refractivity contribution >= 4 is 5.84 Å². The molecule has 1 aliphatic heterocycles. The standard InChI is InChI=1S/C28H46N6O/c1-5-7-24(6-2)12-18-35-19-17-32(3)20-25-8-10-26(11-9-25)21-34(22-27-29-13-14-30-27)23-28-31-15-16-33(28)4/h8-11,13-14,24H,5-7,12,15-23H2,1-4H3,(H,29,30). The first-order chi connectivity index (χ1) is 17.1. The highest BCUT2D eigenvalue weighted by Gasteiger charge is 2.18. The number of nitrogens with zero attached hydrogens (tertiary/aromatic N) is 5. The van der Waals surface area contributed by atoms with Gasteiger partial charge in [0.15, 0.2) is 0 Å². The molecule has 0 spiro atoms. The number of aromatic amines is 1. The van der Waals surface area contributed by atoms with Gasteiger partial charge in [0, 0.05) is 52.2 Å². The van der Waals surface area contributed by atoms with Crippen LogP contribution >= 0.6 is 0 Å². The minimum atomic E-state index is 0.780. The van der Waals surface area contributed by atoms with E-state index in [1.807, 2.05) is 12.4 Å². The third-order valence-corrected chi connectivity index (χ3v) is 6.91. The molecule has 0 radical (unpaired) electrons. The van der Waals surface area contributed by atoms with Crippen molar-refractivity contribution in [3.05, 3.63) is 53.6 Å². The van der Waals surface area contributed by atoms with E-state index >= 15 is 0 Å². The van der Waals surface area contributed by atoms with Crippen molar-refractivity contribution in [3.8, 4) is 0 Å². The van der Waals surface area contributed by atoms with Crippen molar-refractivity contribution in [1.29, 1.82) is 0 Å². The number of amidine groups is 1. The molecule has 0 fully saturated rings. The Bertz CT molecular complexity index is 851. The molecule has 1 aliphatic rings. The van der Waals surface area contributed by atoms with Crippen LogP contribution in [-0.2, 0) is 24.4 Å². The molecule has 3 rings (SSSR count). The monoisotopic (exact) mass is 482 g/mol. The van der Waals surface area contributed by atoms with Gasteiger partial charge in [-0.1, -0.05) is 57.4 Å². The fourth-order valence-electron chi connectivity index (χ4n) is 4.65. The van der Waals surface area contributed by atoms with E-state index in [2.05, 4.69) is 81.9 Å². The zero-order valence-corrected chi connectivity index (χ0v) is 22.4. The second-order valence-corrected chi connectivity index (χ2v) is 9.92. The number of benzene rings is 1. The Morgan fingerprint density at radius 1 is 1.03 bits per heavy atom. The van der Waals surface area contributed by atoms with Gasteiger partial charge in [-0.15, -0.1) is 0 Å². The second-order valence-electron chi connectivity index (χ2n) is 9.92. The van der Waals surface area contributed by atoms with Crippen molar-refractivity contribution in [3.63, 3.8) is 0 Å². The smallest absolute Gasteiger partial charge is 0.120 e. The van der Waals surface area contributed by atoms with Gasteiger partial charge in [0.1, 0.15) is 11.7 Å². The maximum atomic E-state index is 5.92. The van der Waals surface area contributed by atoms with Gasteiger partial charge in [-0.25, -0.2) is 4.98 Å². The summed E-state index contributed by atoms with van der Waals surface area (Å²) in [5.41, 5.74) is 2.65. The minimum Gasteiger partial charge on any atom is -0.380 e. The average molecular weight is 483 g/mol. The number of nitrogens with one attached hydrogen (secondary N) is 1. The van der Waals surface area contributed by atoms with Crippen molar-refractivity contribution in [2.75, 3.05) is 53.5 Å². The molecular formula is C28H46N6O. The van der Waals surface area contributed by atoms with Gasteiger partial charge in [-0.05, 0) is 30.5 Å². The minimum absolute atomic E-state index is 0.780. The number of likely N-dealkylation sites (N-methyl/N-ethyl adjacent to an activating group) is 2. The molecule has 0 amide bonds. The van der Waals surface area contributed by atoms with Crippen LogP contribution in [0.15, 0.2) is 41.7 Å². The van der Waals surface area contributed by atoms with Crippen molar-refractivity contribution in [2.45, 2.75) is 59.2 Å². The van der Waals surface area contributed by atoms with E-state index in [1.54, 1.807) is 0 Å². The molecule has 0 saturated carbocycles. The first-order valence-corrected chi connectivity index (χ1v) is 13.4. The predicted octanol–water partition coefficient (Wildman–Crippen LogP) is 4.42. The average Bonchev–Trinajstić information content (AvgIpc) is 3.51. The van der Waals surface area contributed by atoms with Crippen LogP contribution in [0.25, 0.3) is 0 Å². The summed E-state index contributed by atoms with van der Waals surface area (Å²) in [6.07, 6.45) is 8.75. The summed E-state index contributed by atoms with van der Waals surface area (Å²) in [4.78, 5) is 19.4. The molecule has 0 saturated heterocycles. The predicted molar refractivity (Wildman–Crippen MR) is 145 cm³/mol. The van der Waals surface area contributed by atoms with E-state index in [1.165, 1.54) is 36.8 Å². The summed E-state index contributed by atoms with van der Waals surface area (Å²) in [7, 11) is 4.30. The van der Waals surface area contributed by atoms with Gasteiger partial charge >= 0.3 is 0 Å². The third kappa shape index (κ3) is 9.74. The van der Waals surface area contributed by atoms with E-state index < -0.39 is 0 Å². The molecule has 1 aromatic heterocycles. The summed E-state index contributed by atoms with van der Waals surface area (Å²) in [5.74, 6) is 2.97. The van der Waals surface area contributed by atoms with Gasteiger partial charge in [-0.3, -0.25) is 14.8 Å². The number of hydrogen-bond acceptors (Lipinski definition) is 6. The maximum absolute atomic E-state index is 5.92. The van der Waals surface area contributed by atoms with E-state index in [9.17, 15) is 0 Å². The first kappa shape index (κ1) is 27.4. The fraction of sp³-hybridized carbons (Fsp3) is 0.643. The molecule has 0 aliphatic carbocycles. The van der Waals surface area contributed by atoms with Crippen LogP contribution in [0, 0.1) is 5.92 Å². The summed E-state index contributed by atoms with van der Waals surface area (Å²) < 4.78 is 5.92. The first-order valence-electron chi connectivity index (χ1n) is 13.4. The van der Waals surface area contributed by atoms with Crippen LogP contribution < -0.4 is 0 Å². The van der Waals surface area contributed by atoms with Crippen molar-refractivity contribution < 1.29 is 4.74 Å². The zero-order chi connectivity index (χ0) is 24.9. The topological polar surface area (TPSA) is 60.0 Å². The van der Waals surface area contributed by atoms with Gasteiger partial charge in [0.2, 0.25) is 0 Å². The summed E-state index contributed by atoms with van der Waals surface area (Å²) in [6, 6.07) is 9.03. The Morgan fingerprint density at radius 3 is 2.43 bits per heavy atom. The number of hydrogen-bond donors (Lipinski definition) is 1. The largest absolute Gasteiger partial charge is 0.380 e. The molecule has 1 N–H and O–H groups in total. The summed E-state index contributed by atoms with van der Waals surface area (Å²) in [5, 5.41) is 0. The molecular weight excluding hydrogens is 436 g/mol. The molecule has 194 valence electrons. The molecule has 35 heavy (non-hydrogen) atoms. The Labute approximate surface area is 212 Å². The molecule has 7 nitrogen and oxygen atoms in total. The summed E-state index contributed by atoms with van der Waals surface area (Å²) in [6.45, 7) is 12.5. The van der Waals surface area contributed by atoms with Gasteiger partial charge in [-0.2, -0.15) is 0 Å². The lowest BCUT2D eigenvalue weighted by atomic mass is 9.98. The normalized spacial score (nSPS) is 14.8. The highest BCUT2D eigenvalue weighted by atomic mass is 16.5. The zero-order valence-electron chi connectivity index (χ0n) is 22.4. The lowest BCUT2D eigenvalue weighted by molar-refractivity contribution is 0.0972. The number of aromatic nitrogens is 2. The molecule has 2 heterocycles. The number of imidazole rings is 1. The fourth-order valence-corrected chi connectivity index (χ4v) is 4.65. The Kier molecular flexibility index (Phi) is 11.7. The van der Waals surface area contributed by atoms with Crippen molar-refractivity contribution in [1.82, 2.24) is 24.7 Å². The number of aliphatic imine (C=N–C) groups is 1. The van der Waals surface area contributed by atoms with E-state index in [4.69, 9.17) is 4.74 Å². The van der Waals surface area contributed by atoms with Crippen LogP contribution in [0.2, 0.25) is 0 Å². The highest BCUT2D eigenvalue weighted by molar-refractivity contribution is 5.85. The maximum Gasteiger partial charge on any atom is 0.120 e. The van der Waals surface area contributed by atoms with E-state index in [0.717, 1.165) is 76.6 Å². The van der Waals surface area contributed by atoms with E-state index in [0.29, 0.717) is 0 Å². The van der Waals surface area contributed by atoms with Crippen LogP contribution in [0.1, 0.15) is 56.5 Å². The molecule has 1 aromatic carbocycles. The number of ether oxygens (including phenoxy) is 1. The SMILES string of the molecule is CCCC(CC)CCOCCN(C)Cc1ccc(CN(CC2=NCCN2C)Cc2ncc[nH]2)cc1. The van der Waals surface area contributed by atoms with Gasteiger partial charge in [0.25, 0.3) is 0 Å².